The molecule has 9 heteroatoms. The van der Waals surface area contributed by atoms with Gasteiger partial charge in [0.15, 0.2) is 0 Å². The molecular formula is C15H12F3N3O2S. The largest absolute Gasteiger partial charge is 0.462 e. The van der Waals surface area contributed by atoms with Crippen LogP contribution in [-0.2, 0) is 22.8 Å². The second-order valence-corrected chi connectivity index (χ2v) is 5.74. The molecule has 2 aromatic rings. The number of nitrogens with zero attached hydrogens (tertiary/aromatic N) is 3. The summed E-state index contributed by atoms with van der Waals surface area (Å²) in [5.41, 5.74) is -0.862. The monoisotopic (exact) mass is 355 g/mol. The molecule has 2 aromatic heterocycles. The summed E-state index contributed by atoms with van der Waals surface area (Å²) < 4.78 is 43.9. The summed E-state index contributed by atoms with van der Waals surface area (Å²) in [5, 5.41) is 12.8. The zero-order valence-electron chi connectivity index (χ0n) is 12.7. The number of nitriles is 1. The SMILES string of the molecule is CCOC(=O)/C(C#N)=C\c1ccc(-c2cc(C(F)(F)F)n(C)n2)s1. The number of hydrogen-bond donors (Lipinski definition) is 0. The van der Waals surface area contributed by atoms with Crippen molar-refractivity contribution in [1.82, 2.24) is 9.78 Å². The van der Waals surface area contributed by atoms with Crippen LogP contribution in [0.15, 0.2) is 23.8 Å². The molecule has 0 aliphatic heterocycles. The topological polar surface area (TPSA) is 67.9 Å². The fourth-order valence-electron chi connectivity index (χ4n) is 1.91. The van der Waals surface area contributed by atoms with Crippen molar-refractivity contribution in [3.63, 3.8) is 0 Å². The van der Waals surface area contributed by atoms with Crippen LogP contribution >= 0.6 is 11.3 Å². The van der Waals surface area contributed by atoms with Gasteiger partial charge in [-0.05, 0) is 31.2 Å². The second-order valence-electron chi connectivity index (χ2n) is 4.63. The summed E-state index contributed by atoms with van der Waals surface area (Å²) in [6.45, 7) is 1.76. The van der Waals surface area contributed by atoms with E-state index in [2.05, 4.69) is 5.10 Å². The lowest BCUT2D eigenvalue weighted by Gasteiger charge is -2.04. The second kappa shape index (κ2) is 6.88. The number of esters is 1. The standard InChI is InChI=1S/C15H12F3N3O2S/c1-3-23-14(22)9(8-19)6-10-4-5-12(24-10)11-7-13(15(16,17)18)21(2)20-11/h4-7H,3H2,1-2H3/b9-6-. The molecule has 0 spiro atoms. The van der Waals surface area contributed by atoms with Crippen LogP contribution in [0.25, 0.3) is 16.6 Å². The minimum absolute atomic E-state index is 0.141. The molecule has 0 aromatic carbocycles. The molecule has 0 aliphatic rings. The Morgan fingerprint density at radius 2 is 2.21 bits per heavy atom. The Kier molecular flexibility index (Phi) is 5.09. The number of carbonyl (C=O) groups excluding carboxylic acids is 1. The number of thiophene rings is 1. The highest BCUT2D eigenvalue weighted by Crippen LogP contribution is 2.34. The van der Waals surface area contributed by atoms with Crippen molar-refractivity contribution < 1.29 is 22.7 Å². The van der Waals surface area contributed by atoms with E-state index in [4.69, 9.17) is 10.00 Å². The lowest BCUT2D eigenvalue weighted by Crippen LogP contribution is -2.11. The summed E-state index contributed by atoms with van der Waals surface area (Å²) in [6.07, 6.45) is -3.16. The Hall–Kier alpha value is -2.60. The van der Waals surface area contributed by atoms with Crippen molar-refractivity contribution in [2.75, 3.05) is 6.61 Å². The third kappa shape index (κ3) is 3.83. The van der Waals surface area contributed by atoms with E-state index >= 15 is 0 Å². The van der Waals surface area contributed by atoms with E-state index in [0.29, 0.717) is 9.75 Å². The van der Waals surface area contributed by atoms with Crippen LogP contribution in [0.4, 0.5) is 13.2 Å². The lowest BCUT2D eigenvalue weighted by atomic mass is 10.2. The van der Waals surface area contributed by atoms with Crippen molar-refractivity contribution >= 4 is 23.4 Å². The Morgan fingerprint density at radius 3 is 2.75 bits per heavy atom. The Morgan fingerprint density at radius 1 is 1.50 bits per heavy atom. The highest BCUT2D eigenvalue weighted by Gasteiger charge is 2.35. The van der Waals surface area contributed by atoms with Crippen molar-refractivity contribution in [3.8, 4) is 16.6 Å². The molecule has 0 radical (unpaired) electrons. The molecule has 0 saturated carbocycles. The molecule has 0 bridgehead atoms. The molecule has 0 unspecified atom stereocenters. The zero-order chi connectivity index (χ0) is 17.9. The minimum atomic E-state index is -4.49. The molecule has 2 heterocycles. The van der Waals surface area contributed by atoms with Gasteiger partial charge in [-0.3, -0.25) is 4.68 Å². The van der Waals surface area contributed by atoms with Gasteiger partial charge in [0.25, 0.3) is 0 Å². The van der Waals surface area contributed by atoms with Gasteiger partial charge in [-0.25, -0.2) is 4.79 Å². The summed E-state index contributed by atoms with van der Waals surface area (Å²) in [7, 11) is 1.22. The third-order valence-electron chi connectivity index (χ3n) is 2.95. The van der Waals surface area contributed by atoms with E-state index in [1.165, 1.54) is 13.1 Å². The molecular weight excluding hydrogens is 343 g/mol. The van der Waals surface area contributed by atoms with Crippen LogP contribution in [0, 0.1) is 11.3 Å². The number of ether oxygens (including phenoxy) is 1. The molecule has 0 amide bonds. The van der Waals surface area contributed by atoms with Gasteiger partial charge in [-0.15, -0.1) is 11.3 Å². The summed E-state index contributed by atoms with van der Waals surface area (Å²) in [6, 6.07) is 5.87. The number of aryl methyl sites for hydroxylation is 1. The molecule has 126 valence electrons. The molecule has 2 rings (SSSR count). The number of rotatable bonds is 4. The van der Waals surface area contributed by atoms with Gasteiger partial charge in [0.2, 0.25) is 0 Å². The van der Waals surface area contributed by atoms with Gasteiger partial charge in [-0.1, -0.05) is 0 Å². The van der Waals surface area contributed by atoms with Gasteiger partial charge in [-0.2, -0.15) is 23.5 Å². The van der Waals surface area contributed by atoms with Crippen LogP contribution in [0.2, 0.25) is 0 Å². The number of alkyl halides is 3. The Labute approximate surface area is 139 Å². The average molecular weight is 355 g/mol. The first-order chi connectivity index (χ1) is 11.3. The number of halogens is 3. The quantitative estimate of drug-likeness (QED) is 0.477. The van der Waals surface area contributed by atoms with Gasteiger partial charge < -0.3 is 4.74 Å². The maximum atomic E-state index is 12.8. The lowest BCUT2D eigenvalue weighted by molar-refractivity contribution is -0.143. The maximum absolute atomic E-state index is 12.8. The maximum Gasteiger partial charge on any atom is 0.433 e. The Bertz CT molecular complexity index is 828. The zero-order valence-corrected chi connectivity index (χ0v) is 13.5. The van der Waals surface area contributed by atoms with Crippen LogP contribution < -0.4 is 0 Å². The van der Waals surface area contributed by atoms with Crippen LogP contribution in [0.3, 0.4) is 0 Å². The minimum Gasteiger partial charge on any atom is -0.462 e. The van der Waals surface area contributed by atoms with E-state index in [0.717, 1.165) is 22.1 Å². The molecule has 5 nitrogen and oxygen atoms in total. The van der Waals surface area contributed by atoms with Crippen molar-refractivity contribution in [1.29, 1.82) is 5.26 Å². The van der Waals surface area contributed by atoms with Gasteiger partial charge in [0.1, 0.15) is 23.0 Å². The van der Waals surface area contributed by atoms with Gasteiger partial charge in [0, 0.05) is 11.9 Å². The van der Waals surface area contributed by atoms with Crippen LogP contribution in [-0.4, -0.2) is 22.4 Å². The highest BCUT2D eigenvalue weighted by molar-refractivity contribution is 7.16. The third-order valence-corrected chi connectivity index (χ3v) is 4.01. The summed E-state index contributed by atoms with van der Waals surface area (Å²) in [4.78, 5) is 12.6. The summed E-state index contributed by atoms with van der Waals surface area (Å²) >= 11 is 1.12. The summed E-state index contributed by atoms with van der Waals surface area (Å²) in [5.74, 6) is -0.743. The van der Waals surface area contributed by atoms with E-state index in [1.54, 1.807) is 25.1 Å². The van der Waals surface area contributed by atoms with E-state index in [-0.39, 0.29) is 17.9 Å². The molecule has 0 atom stereocenters. The first kappa shape index (κ1) is 17.7. The predicted octanol–water partition coefficient (Wildman–Crippen LogP) is 3.64. The normalized spacial score (nSPS) is 12.1. The number of hydrogen-bond acceptors (Lipinski definition) is 5. The Balaban J connectivity index is 2.32. The highest BCUT2D eigenvalue weighted by atomic mass is 32.1. The van der Waals surface area contributed by atoms with Crippen molar-refractivity contribution in [3.05, 3.63) is 34.3 Å². The fourth-order valence-corrected chi connectivity index (χ4v) is 2.82. The number of aromatic nitrogens is 2. The smallest absolute Gasteiger partial charge is 0.433 e. The van der Waals surface area contributed by atoms with Gasteiger partial charge >= 0.3 is 12.1 Å². The molecule has 0 aliphatic carbocycles. The molecule has 0 fully saturated rings. The van der Waals surface area contributed by atoms with E-state index in [1.807, 2.05) is 0 Å². The van der Waals surface area contributed by atoms with Crippen molar-refractivity contribution in [2.24, 2.45) is 7.05 Å². The number of carbonyl (C=O) groups is 1. The first-order valence-corrected chi connectivity index (χ1v) is 7.58. The predicted molar refractivity (Wildman–Crippen MR) is 81.7 cm³/mol. The van der Waals surface area contributed by atoms with Crippen LogP contribution in [0.5, 0.6) is 0 Å². The average Bonchev–Trinajstić information content (AvgIpc) is 3.10. The van der Waals surface area contributed by atoms with Crippen LogP contribution in [0.1, 0.15) is 17.5 Å². The molecule has 24 heavy (non-hydrogen) atoms. The van der Waals surface area contributed by atoms with Crippen molar-refractivity contribution in [2.45, 2.75) is 13.1 Å². The van der Waals surface area contributed by atoms with Gasteiger partial charge in [0.05, 0.1) is 11.5 Å². The fraction of sp³-hybridized carbons (Fsp3) is 0.267. The molecule has 0 N–H and O–H groups in total. The van der Waals surface area contributed by atoms with E-state index < -0.39 is 17.8 Å². The molecule has 0 saturated heterocycles. The van der Waals surface area contributed by atoms with E-state index in [9.17, 15) is 18.0 Å². The first-order valence-electron chi connectivity index (χ1n) is 6.76.